The molecule has 0 amide bonds. The molecule has 0 aliphatic heterocycles. The minimum Gasteiger partial charge on any atom is -0.741 e. The largest absolute Gasteiger partial charge is 2.00 e. The Morgan fingerprint density at radius 3 is 0.750 bits per heavy atom. The molecule has 0 fully saturated rings. The van der Waals surface area contributed by atoms with Crippen LogP contribution in [0, 0.1) is 0 Å². The maximum absolute atomic E-state index is 10.7. The molecule has 1 radical (unpaired) electrons. The van der Waals surface area contributed by atoms with Gasteiger partial charge in [0.15, 0.2) is 20.2 Å². The molecule has 0 aliphatic carbocycles. The van der Waals surface area contributed by atoms with Crippen LogP contribution in [0.5, 0.6) is 0 Å². The molecule has 0 aromatic carbocycles. The third kappa shape index (κ3) is 29.6. The Morgan fingerprint density at radius 2 is 0.750 bits per heavy atom. The van der Waals surface area contributed by atoms with Crippen LogP contribution in [0.4, 0.5) is 39.5 Å². The van der Waals surface area contributed by atoms with Gasteiger partial charge in [-0.1, -0.05) is 11.6 Å². The normalized spacial score (nSPS) is 11.5. The molecule has 0 aliphatic rings. The van der Waals surface area contributed by atoms with Crippen LogP contribution in [-0.4, -0.2) is 43.6 Å². The Balaban J connectivity index is -0.0000000709. The van der Waals surface area contributed by atoms with E-state index in [2.05, 4.69) is 0 Å². The first-order chi connectivity index (χ1) is 9.65. The summed E-state index contributed by atoms with van der Waals surface area (Å²) in [5.74, 6) is 0. The van der Waals surface area contributed by atoms with E-state index in [0.29, 0.717) is 0 Å². The van der Waals surface area contributed by atoms with E-state index in [1.165, 1.54) is 0 Å². The number of hydrogen-bond acceptors (Lipinski definition) is 9. The van der Waals surface area contributed by atoms with Crippen molar-refractivity contribution in [2.24, 2.45) is 0 Å². The average Bonchev–Trinajstić information content (AvgIpc) is 2.11. The first-order valence-electron chi connectivity index (χ1n) is 3.56. The monoisotopic (exact) mass is 496 g/mol. The first-order valence-corrected chi connectivity index (χ1v) is 7.11. The smallest absolute Gasteiger partial charge is 0.741 e. The first kappa shape index (κ1) is 34.9. The summed E-state index contributed by atoms with van der Waals surface area (Å²) in [6, 6.07) is 0. The SMILES string of the molecule is FC(F)F.O=S(=O)([O-])C(F)(F)F.O=S(=O)([O-])C(F)(F)F.O=[SH-]=O.[Cu+2]. The van der Waals surface area contributed by atoms with Gasteiger partial charge in [0.1, 0.15) is 0 Å². The van der Waals surface area contributed by atoms with Gasteiger partial charge in [-0.2, -0.15) is 39.5 Å². The molecule has 24 heavy (non-hydrogen) atoms. The van der Waals surface area contributed by atoms with Crippen LogP contribution in [-0.2, 0) is 57.3 Å². The van der Waals surface area contributed by atoms with Gasteiger partial charge in [-0.05, 0) is 0 Å². The van der Waals surface area contributed by atoms with E-state index in [4.69, 9.17) is 34.4 Å². The van der Waals surface area contributed by atoms with Gasteiger partial charge < -0.3 is 17.5 Å². The van der Waals surface area contributed by atoms with E-state index >= 15 is 0 Å². The van der Waals surface area contributed by atoms with Gasteiger partial charge >= 0.3 is 34.8 Å². The summed E-state index contributed by atoms with van der Waals surface area (Å²) in [5, 5.41) is 0. The van der Waals surface area contributed by atoms with Crippen LogP contribution in [0.3, 0.4) is 0 Å². The second-order valence-corrected chi connectivity index (χ2v) is 5.01. The van der Waals surface area contributed by atoms with E-state index in [0.717, 1.165) is 0 Å². The zero-order valence-electron chi connectivity index (χ0n) is 9.81. The van der Waals surface area contributed by atoms with Crippen LogP contribution in [0.15, 0.2) is 0 Å². The summed E-state index contributed by atoms with van der Waals surface area (Å²) in [6.07, 6.45) is 0. The van der Waals surface area contributed by atoms with Crippen molar-refractivity contribution in [3.8, 4) is 0 Å². The van der Waals surface area contributed by atoms with E-state index in [1.807, 2.05) is 0 Å². The van der Waals surface area contributed by atoms with Crippen molar-refractivity contribution in [2.45, 2.75) is 17.7 Å². The van der Waals surface area contributed by atoms with Crippen molar-refractivity contribution in [2.75, 3.05) is 0 Å². The molecule has 0 aromatic rings. The third-order valence-electron chi connectivity index (χ3n) is 0.567. The van der Waals surface area contributed by atoms with Gasteiger partial charge in [0.05, 0.1) is 0 Å². The molecule has 0 spiro atoms. The van der Waals surface area contributed by atoms with E-state index in [1.54, 1.807) is 0 Å². The molecule has 155 valence electrons. The fourth-order valence-corrected chi connectivity index (χ4v) is 0. The van der Waals surface area contributed by atoms with Crippen LogP contribution in [0.1, 0.15) is 0 Å². The molecule has 21 heteroatoms. The number of rotatable bonds is 0. The third-order valence-corrected chi connectivity index (χ3v) is 1.70. The minimum atomic E-state index is -6.09. The molecule has 0 saturated carbocycles. The Labute approximate surface area is 141 Å². The summed E-state index contributed by atoms with van der Waals surface area (Å²) in [4.78, 5) is 0. The minimum absolute atomic E-state index is 0. The van der Waals surface area contributed by atoms with Gasteiger partial charge in [-0.3, -0.25) is 0 Å². The predicted octanol–water partition coefficient (Wildman–Crippen LogP) is 0.771. The zero-order chi connectivity index (χ0) is 20.3. The molecule has 0 saturated heterocycles. The summed E-state index contributed by atoms with van der Waals surface area (Å²) >= 11 is -1.08. The van der Waals surface area contributed by atoms with Gasteiger partial charge in [-0.25, -0.2) is 16.8 Å². The van der Waals surface area contributed by atoms with Crippen molar-refractivity contribution in [1.29, 1.82) is 0 Å². The average molecular weight is 497 g/mol. The summed E-state index contributed by atoms with van der Waals surface area (Å²) in [5.41, 5.74) is -11.3. The van der Waals surface area contributed by atoms with Crippen LogP contribution >= 0.6 is 0 Å². The molecule has 0 N–H and O–H groups in total. The summed E-state index contributed by atoms with van der Waals surface area (Å²) < 4.78 is 164. The second-order valence-electron chi connectivity index (χ2n) is 2.12. The fourth-order valence-electron chi connectivity index (χ4n) is 0. The van der Waals surface area contributed by atoms with Gasteiger partial charge in [-0.15, -0.1) is 0 Å². The van der Waals surface area contributed by atoms with Gasteiger partial charge in [0, 0.05) is 0 Å². The Bertz CT molecular complexity index is 499. The molecule has 0 aromatic heterocycles. The maximum Gasteiger partial charge on any atom is 2.00 e. The van der Waals surface area contributed by atoms with Crippen molar-refractivity contribution >= 4 is 31.8 Å². The molecule has 8 nitrogen and oxygen atoms in total. The Hall–Kier alpha value is -0.341. The number of alkyl halides is 9. The van der Waals surface area contributed by atoms with Crippen molar-refractivity contribution in [3.63, 3.8) is 0 Å². The van der Waals surface area contributed by atoms with Gasteiger partial charge in [0.25, 0.3) is 0 Å². The summed E-state index contributed by atoms with van der Waals surface area (Å²) in [6.45, 7) is -3.67. The quantitative estimate of drug-likeness (QED) is 0.119. The van der Waals surface area contributed by atoms with Crippen LogP contribution < -0.4 is 0 Å². The van der Waals surface area contributed by atoms with Gasteiger partial charge in [0.2, 0.25) is 0 Å². The van der Waals surface area contributed by atoms with Crippen molar-refractivity contribution in [3.05, 3.63) is 0 Å². The Kier molecular flexibility index (Phi) is 20.2. The zero-order valence-corrected chi connectivity index (χ0v) is 13.3. The second kappa shape index (κ2) is 13.9. The van der Waals surface area contributed by atoms with E-state index in [-0.39, 0.29) is 17.1 Å². The molecule has 0 unspecified atom stereocenters. The number of hydrogen-bond donors (Lipinski definition) is 0. The number of thiol groups is 1. The number of halogens is 9. The van der Waals surface area contributed by atoms with Crippen LogP contribution in [0.2, 0.25) is 0 Å². The topological polar surface area (TPSA) is 149 Å². The molecule has 0 heterocycles. The standard InChI is InChI=1S/2CHF3O3S.CHF3.Cu.HO2S/c2*2-1(3,4)8(5,6)7;2-1(3)4;;1-3-2/h2*(H,5,6,7);1H;;3H/q;;;+2;-1/p-2. The van der Waals surface area contributed by atoms with Crippen LogP contribution in [0.25, 0.3) is 0 Å². The Morgan fingerprint density at radius 1 is 0.708 bits per heavy atom. The molecule has 0 atom stereocenters. The molecular formula is C3H2CuF9O8S3-. The van der Waals surface area contributed by atoms with E-state index in [9.17, 15) is 39.5 Å². The maximum atomic E-state index is 10.7. The fraction of sp³-hybridized carbons (Fsp3) is 1.00. The molecular weight excluding hydrogens is 495 g/mol. The molecule has 0 bridgehead atoms. The molecule has 0 rings (SSSR count). The van der Waals surface area contributed by atoms with Crippen molar-refractivity contribution in [1.82, 2.24) is 0 Å². The van der Waals surface area contributed by atoms with E-state index < -0.39 is 49.5 Å². The summed E-state index contributed by atoms with van der Waals surface area (Å²) in [7, 11) is -12.2. The predicted molar refractivity (Wildman–Crippen MR) is 48.7 cm³/mol. The van der Waals surface area contributed by atoms with Crippen molar-refractivity contribution < 1.29 is 90.9 Å².